The Kier molecular flexibility index (Phi) is 3.90. The van der Waals surface area contributed by atoms with Gasteiger partial charge < -0.3 is 19.9 Å². The minimum absolute atomic E-state index is 0.313. The Morgan fingerprint density at radius 2 is 1.93 bits per heavy atom. The van der Waals surface area contributed by atoms with E-state index in [0.29, 0.717) is 17.2 Å². The second-order valence-electron chi connectivity index (χ2n) is 7.11. The molecule has 8 nitrogen and oxygen atoms in total. The van der Waals surface area contributed by atoms with Gasteiger partial charge in [-0.15, -0.1) is 0 Å². The van der Waals surface area contributed by atoms with Crippen LogP contribution < -0.4 is 15.5 Å². The summed E-state index contributed by atoms with van der Waals surface area (Å²) >= 11 is 0. The maximum Gasteiger partial charge on any atom is 0.173 e. The minimum atomic E-state index is -0.381. The number of H-pyrrole nitrogens is 1. The van der Waals surface area contributed by atoms with Crippen molar-refractivity contribution < 1.29 is 4.39 Å². The van der Waals surface area contributed by atoms with E-state index < -0.39 is 0 Å². The minimum Gasteiger partial charge on any atom is -0.354 e. The van der Waals surface area contributed by atoms with Gasteiger partial charge in [-0.2, -0.15) is 5.10 Å². The first-order valence-corrected chi connectivity index (χ1v) is 9.32. The summed E-state index contributed by atoms with van der Waals surface area (Å²) in [5.41, 5.74) is 3.46. The molecule has 0 amide bonds. The van der Waals surface area contributed by atoms with Crippen molar-refractivity contribution in [2.45, 2.75) is 13.8 Å². The van der Waals surface area contributed by atoms with E-state index in [4.69, 9.17) is 4.98 Å². The van der Waals surface area contributed by atoms with Gasteiger partial charge in [0.2, 0.25) is 0 Å². The number of aromatic amines is 1. The molecular formula is C19H21FN8. The van der Waals surface area contributed by atoms with Gasteiger partial charge in [0.1, 0.15) is 5.82 Å². The Labute approximate surface area is 160 Å². The molecule has 0 radical (unpaired) electrons. The van der Waals surface area contributed by atoms with E-state index in [1.165, 1.54) is 6.07 Å². The number of hydrogen-bond donors (Lipinski definition) is 3. The number of aromatic nitrogens is 5. The van der Waals surface area contributed by atoms with Gasteiger partial charge in [-0.05, 0) is 13.8 Å². The van der Waals surface area contributed by atoms with Crippen molar-refractivity contribution >= 4 is 33.9 Å². The third kappa shape index (κ3) is 2.84. The van der Waals surface area contributed by atoms with Crippen molar-refractivity contribution in [1.29, 1.82) is 0 Å². The fraction of sp³-hybridized carbons (Fsp3) is 0.316. The van der Waals surface area contributed by atoms with Crippen LogP contribution in [-0.4, -0.2) is 50.7 Å². The van der Waals surface area contributed by atoms with Crippen molar-refractivity contribution in [3.63, 3.8) is 0 Å². The summed E-state index contributed by atoms with van der Waals surface area (Å²) in [6.45, 7) is 7.58. The van der Waals surface area contributed by atoms with E-state index in [2.05, 4.69) is 30.7 Å². The smallest absolute Gasteiger partial charge is 0.173 e. The van der Waals surface area contributed by atoms with Crippen LogP contribution in [0, 0.1) is 19.7 Å². The van der Waals surface area contributed by atoms with Crippen LogP contribution in [0.25, 0.3) is 16.6 Å². The number of fused-ring (bicyclic) bond motifs is 2. The van der Waals surface area contributed by atoms with Crippen LogP contribution in [0.4, 0.5) is 21.7 Å². The molecule has 5 rings (SSSR count). The quantitative estimate of drug-likeness (QED) is 0.506. The molecule has 4 aromatic heterocycles. The first kappa shape index (κ1) is 16.9. The zero-order valence-electron chi connectivity index (χ0n) is 15.8. The third-order valence-electron chi connectivity index (χ3n) is 5.04. The van der Waals surface area contributed by atoms with Crippen LogP contribution in [0.2, 0.25) is 0 Å². The Morgan fingerprint density at radius 3 is 2.75 bits per heavy atom. The highest BCUT2D eigenvalue weighted by Gasteiger charge is 2.17. The lowest BCUT2D eigenvalue weighted by Crippen LogP contribution is -2.43. The van der Waals surface area contributed by atoms with Crippen molar-refractivity contribution in [2.75, 3.05) is 36.4 Å². The number of halogens is 1. The molecule has 1 aliphatic rings. The lowest BCUT2D eigenvalue weighted by Gasteiger charge is -2.28. The first-order valence-electron chi connectivity index (χ1n) is 9.32. The molecule has 3 N–H and O–H groups in total. The Bertz CT molecular complexity index is 1170. The molecular weight excluding hydrogens is 359 g/mol. The van der Waals surface area contributed by atoms with E-state index in [0.717, 1.165) is 54.3 Å². The molecule has 4 aromatic rings. The molecule has 0 spiro atoms. The van der Waals surface area contributed by atoms with Crippen molar-refractivity contribution in [1.82, 2.24) is 29.9 Å². The van der Waals surface area contributed by atoms with Gasteiger partial charge in [0, 0.05) is 50.7 Å². The lowest BCUT2D eigenvalue weighted by molar-refractivity contribution is 0.585. The highest BCUT2D eigenvalue weighted by atomic mass is 19.1. The standard InChI is InChI=1S/C19H21FN8/c1-11-9-28-10-13(7-14(20)19(28)22-11)24-18-17-12(2)23-16(8-15(17)25-26-18)27-5-3-21-4-6-27/h7-10,21H,3-6H2,1-2H3,(H2,24,25,26). The van der Waals surface area contributed by atoms with Crippen LogP contribution in [-0.2, 0) is 0 Å². The predicted octanol–water partition coefficient (Wildman–Crippen LogP) is 2.51. The van der Waals surface area contributed by atoms with E-state index in [-0.39, 0.29) is 5.82 Å². The molecule has 0 saturated carbocycles. The van der Waals surface area contributed by atoms with E-state index in [1.54, 1.807) is 16.8 Å². The van der Waals surface area contributed by atoms with Crippen LogP contribution in [0.1, 0.15) is 11.4 Å². The van der Waals surface area contributed by atoms with Crippen LogP contribution in [0.15, 0.2) is 24.5 Å². The van der Waals surface area contributed by atoms with Crippen molar-refractivity contribution in [3.8, 4) is 0 Å². The van der Waals surface area contributed by atoms with Gasteiger partial charge in [-0.1, -0.05) is 0 Å². The van der Waals surface area contributed by atoms with Gasteiger partial charge in [-0.3, -0.25) is 5.10 Å². The largest absolute Gasteiger partial charge is 0.354 e. The van der Waals surface area contributed by atoms with Crippen LogP contribution in [0.3, 0.4) is 0 Å². The summed E-state index contributed by atoms with van der Waals surface area (Å²) in [5, 5.41) is 14.9. The second-order valence-corrected chi connectivity index (χ2v) is 7.11. The van der Waals surface area contributed by atoms with Gasteiger partial charge in [0.15, 0.2) is 17.3 Å². The topological polar surface area (TPSA) is 86.2 Å². The number of piperazine rings is 1. The van der Waals surface area contributed by atoms with Gasteiger partial charge in [-0.25, -0.2) is 14.4 Å². The molecule has 5 heterocycles. The monoisotopic (exact) mass is 380 g/mol. The lowest BCUT2D eigenvalue weighted by atomic mass is 10.2. The number of anilines is 3. The van der Waals surface area contributed by atoms with Gasteiger partial charge in [0.25, 0.3) is 0 Å². The van der Waals surface area contributed by atoms with Crippen LogP contribution >= 0.6 is 0 Å². The normalized spacial score (nSPS) is 14.9. The summed E-state index contributed by atoms with van der Waals surface area (Å²) in [4.78, 5) is 11.2. The number of aryl methyl sites for hydroxylation is 2. The Hall–Kier alpha value is -3.20. The van der Waals surface area contributed by atoms with Crippen molar-refractivity contribution in [3.05, 3.63) is 41.7 Å². The molecule has 1 aliphatic heterocycles. The number of pyridine rings is 2. The first-order chi connectivity index (χ1) is 13.6. The second kappa shape index (κ2) is 6.45. The molecule has 0 aromatic carbocycles. The van der Waals surface area contributed by atoms with Crippen molar-refractivity contribution in [2.24, 2.45) is 0 Å². The number of rotatable bonds is 3. The molecule has 0 aliphatic carbocycles. The van der Waals surface area contributed by atoms with E-state index in [9.17, 15) is 4.39 Å². The Morgan fingerprint density at radius 1 is 1.11 bits per heavy atom. The fourth-order valence-corrected chi connectivity index (χ4v) is 3.75. The molecule has 9 heteroatoms. The fourth-order valence-electron chi connectivity index (χ4n) is 3.75. The molecule has 1 saturated heterocycles. The number of nitrogens with one attached hydrogen (secondary N) is 3. The number of hydrogen-bond acceptors (Lipinski definition) is 6. The SMILES string of the molecule is Cc1cn2cc(Nc3n[nH]c4cc(N5CCNCC5)nc(C)c34)cc(F)c2n1. The third-order valence-corrected chi connectivity index (χ3v) is 5.04. The maximum absolute atomic E-state index is 14.4. The molecule has 0 atom stereocenters. The summed E-state index contributed by atoms with van der Waals surface area (Å²) in [7, 11) is 0. The average Bonchev–Trinajstić information content (AvgIpc) is 3.26. The summed E-state index contributed by atoms with van der Waals surface area (Å²) in [6.07, 6.45) is 3.59. The van der Waals surface area contributed by atoms with E-state index >= 15 is 0 Å². The molecule has 28 heavy (non-hydrogen) atoms. The maximum atomic E-state index is 14.4. The molecule has 0 bridgehead atoms. The summed E-state index contributed by atoms with van der Waals surface area (Å²) in [5.74, 6) is 1.19. The summed E-state index contributed by atoms with van der Waals surface area (Å²) in [6, 6.07) is 3.45. The molecule has 144 valence electrons. The predicted molar refractivity (Wildman–Crippen MR) is 107 cm³/mol. The molecule has 1 fully saturated rings. The summed E-state index contributed by atoms with van der Waals surface area (Å²) < 4.78 is 16.0. The number of nitrogens with zero attached hydrogens (tertiary/aromatic N) is 5. The molecule has 0 unspecified atom stereocenters. The average molecular weight is 380 g/mol. The number of imidazole rings is 1. The highest BCUT2D eigenvalue weighted by Crippen LogP contribution is 2.29. The van der Waals surface area contributed by atoms with E-state index in [1.807, 2.05) is 19.9 Å². The Balaban J connectivity index is 1.51. The zero-order valence-corrected chi connectivity index (χ0v) is 15.8. The van der Waals surface area contributed by atoms with Crippen LogP contribution in [0.5, 0.6) is 0 Å². The van der Waals surface area contributed by atoms with Gasteiger partial charge >= 0.3 is 0 Å². The van der Waals surface area contributed by atoms with Gasteiger partial charge in [0.05, 0.1) is 28.0 Å². The highest BCUT2D eigenvalue weighted by molar-refractivity contribution is 5.94. The zero-order chi connectivity index (χ0) is 19.3.